The molecule has 1 amide bonds. The van der Waals surface area contributed by atoms with Gasteiger partial charge in [-0.25, -0.2) is 0 Å². The molecule has 0 saturated heterocycles. The van der Waals surface area contributed by atoms with Crippen molar-refractivity contribution in [3.05, 3.63) is 0 Å². The Morgan fingerprint density at radius 2 is 1.66 bits per heavy atom. The lowest BCUT2D eigenvalue weighted by Gasteiger charge is -2.62. The van der Waals surface area contributed by atoms with Crippen LogP contribution in [0.4, 0.5) is 0 Å². The Morgan fingerprint density at radius 1 is 1.00 bits per heavy atom. The maximum atomic E-state index is 12.5. The van der Waals surface area contributed by atoms with Gasteiger partial charge >= 0.3 is 0 Å². The Labute approximate surface area is 211 Å². The van der Waals surface area contributed by atoms with Crippen molar-refractivity contribution >= 4 is 16.0 Å². The molecular formula is C27H47NO6S. The number of nitrogens with one attached hydrogen (secondary N) is 1. The molecule has 0 aromatic heterocycles. The molecule has 35 heavy (non-hydrogen) atoms. The number of fused-ring (bicyclic) bond motifs is 5. The van der Waals surface area contributed by atoms with E-state index in [1.54, 1.807) is 0 Å². The van der Waals surface area contributed by atoms with Gasteiger partial charge in [0.15, 0.2) is 0 Å². The summed E-state index contributed by atoms with van der Waals surface area (Å²) in [5, 5.41) is 24.3. The van der Waals surface area contributed by atoms with Crippen LogP contribution in [0.3, 0.4) is 0 Å². The maximum Gasteiger partial charge on any atom is 0.266 e. The SMILES string of the molecule is CC(C[C@@H](C)[C@H]1CC[C@H]2[C@@H]3[C@@H](O)CC4C[C@H](O)CC[C@]4(C)[C@H]3CC[C@]12C)C(=O)NCCS(=O)(=O)O. The third-order valence-corrected chi connectivity index (χ3v) is 12.0. The Kier molecular flexibility index (Phi) is 7.72. The molecule has 2 unspecified atom stereocenters. The molecule has 0 aliphatic heterocycles. The second-order valence-electron chi connectivity index (χ2n) is 13.1. The van der Waals surface area contributed by atoms with E-state index in [1.807, 2.05) is 6.92 Å². The zero-order valence-corrected chi connectivity index (χ0v) is 22.8. The molecule has 4 fully saturated rings. The van der Waals surface area contributed by atoms with Crippen molar-refractivity contribution < 1.29 is 28.0 Å². The van der Waals surface area contributed by atoms with Crippen molar-refractivity contribution in [3.8, 4) is 0 Å². The van der Waals surface area contributed by atoms with Crippen LogP contribution >= 0.6 is 0 Å². The zero-order chi connectivity index (χ0) is 25.8. The van der Waals surface area contributed by atoms with Crippen molar-refractivity contribution in [3.63, 3.8) is 0 Å². The summed E-state index contributed by atoms with van der Waals surface area (Å²) in [7, 11) is -4.08. The minimum Gasteiger partial charge on any atom is -0.393 e. The topological polar surface area (TPSA) is 124 Å². The van der Waals surface area contributed by atoms with Crippen molar-refractivity contribution in [2.45, 2.75) is 97.7 Å². The maximum absolute atomic E-state index is 12.5. The Hall–Kier alpha value is -0.700. The van der Waals surface area contributed by atoms with E-state index in [1.165, 1.54) is 6.42 Å². The summed E-state index contributed by atoms with van der Waals surface area (Å²) in [6, 6.07) is 0. The van der Waals surface area contributed by atoms with E-state index in [0.29, 0.717) is 35.5 Å². The molecule has 11 atom stereocenters. The molecule has 0 aromatic carbocycles. The van der Waals surface area contributed by atoms with Gasteiger partial charge in [-0.2, -0.15) is 8.42 Å². The highest BCUT2D eigenvalue weighted by atomic mass is 32.2. The van der Waals surface area contributed by atoms with Crippen LogP contribution in [-0.4, -0.2) is 53.6 Å². The average Bonchev–Trinajstić information content (AvgIpc) is 3.11. The number of carbonyl (C=O) groups is 1. The molecule has 0 heterocycles. The van der Waals surface area contributed by atoms with E-state index in [0.717, 1.165) is 51.4 Å². The van der Waals surface area contributed by atoms with Gasteiger partial charge in [0.25, 0.3) is 10.1 Å². The molecule has 8 heteroatoms. The van der Waals surface area contributed by atoms with Gasteiger partial charge in [-0.3, -0.25) is 9.35 Å². The summed E-state index contributed by atoms with van der Waals surface area (Å²) in [4.78, 5) is 12.5. The van der Waals surface area contributed by atoms with Crippen LogP contribution in [0.1, 0.15) is 85.5 Å². The molecule has 4 saturated carbocycles. The monoisotopic (exact) mass is 513 g/mol. The summed E-state index contributed by atoms with van der Waals surface area (Å²) < 4.78 is 30.7. The van der Waals surface area contributed by atoms with Crippen LogP contribution in [-0.2, 0) is 14.9 Å². The molecular weight excluding hydrogens is 466 g/mol. The van der Waals surface area contributed by atoms with Gasteiger partial charge in [0.2, 0.25) is 5.91 Å². The van der Waals surface area contributed by atoms with Crippen molar-refractivity contribution in [1.29, 1.82) is 0 Å². The smallest absolute Gasteiger partial charge is 0.266 e. The van der Waals surface area contributed by atoms with Gasteiger partial charge in [0.05, 0.1) is 18.0 Å². The molecule has 0 bridgehead atoms. The number of amides is 1. The molecule has 202 valence electrons. The normalized spacial score (nSPS) is 45.1. The number of hydrogen-bond donors (Lipinski definition) is 4. The lowest BCUT2D eigenvalue weighted by Crippen LogP contribution is -2.58. The van der Waals surface area contributed by atoms with Crippen LogP contribution in [0, 0.1) is 52.3 Å². The van der Waals surface area contributed by atoms with Crippen molar-refractivity contribution in [2.75, 3.05) is 12.3 Å². The first-order valence-electron chi connectivity index (χ1n) is 13.8. The van der Waals surface area contributed by atoms with Crippen LogP contribution in [0.25, 0.3) is 0 Å². The van der Waals surface area contributed by atoms with Crippen LogP contribution in [0.15, 0.2) is 0 Å². The molecule has 0 radical (unpaired) electrons. The number of carbonyl (C=O) groups excluding carboxylic acids is 1. The summed E-state index contributed by atoms with van der Waals surface area (Å²) in [5.41, 5.74) is 0.392. The molecule has 4 aliphatic rings. The van der Waals surface area contributed by atoms with E-state index in [4.69, 9.17) is 4.55 Å². The van der Waals surface area contributed by atoms with Gasteiger partial charge < -0.3 is 15.5 Å². The molecule has 4 aliphatic carbocycles. The first kappa shape index (κ1) is 27.3. The van der Waals surface area contributed by atoms with E-state index >= 15 is 0 Å². The predicted octanol–water partition coefficient (Wildman–Crippen LogP) is 3.64. The fourth-order valence-corrected chi connectivity index (χ4v) is 9.84. The van der Waals surface area contributed by atoms with Gasteiger partial charge in [-0.05, 0) is 104 Å². The summed E-state index contributed by atoms with van der Waals surface area (Å²) >= 11 is 0. The number of rotatable bonds is 7. The highest BCUT2D eigenvalue weighted by Crippen LogP contribution is 2.68. The number of hydrogen-bond acceptors (Lipinski definition) is 5. The molecule has 4 rings (SSSR count). The summed E-state index contributed by atoms with van der Waals surface area (Å²) in [5.74, 6) is 1.81. The van der Waals surface area contributed by atoms with Crippen molar-refractivity contribution in [2.24, 2.45) is 52.3 Å². The lowest BCUT2D eigenvalue weighted by atomic mass is 9.43. The second kappa shape index (κ2) is 9.88. The van der Waals surface area contributed by atoms with Gasteiger partial charge in [0.1, 0.15) is 0 Å². The minimum absolute atomic E-state index is 0.0721. The number of aliphatic hydroxyl groups excluding tert-OH is 2. The van der Waals surface area contributed by atoms with E-state index in [9.17, 15) is 23.4 Å². The quantitative estimate of drug-likeness (QED) is 0.385. The lowest BCUT2D eigenvalue weighted by molar-refractivity contribution is -0.174. The molecule has 0 spiro atoms. The van der Waals surface area contributed by atoms with Crippen molar-refractivity contribution in [1.82, 2.24) is 5.32 Å². The summed E-state index contributed by atoms with van der Waals surface area (Å²) in [6.45, 7) is 8.95. The largest absolute Gasteiger partial charge is 0.393 e. The zero-order valence-electron chi connectivity index (χ0n) is 21.9. The van der Waals surface area contributed by atoms with Crippen LogP contribution in [0.5, 0.6) is 0 Å². The molecule has 4 N–H and O–H groups in total. The highest BCUT2D eigenvalue weighted by molar-refractivity contribution is 7.85. The molecule has 7 nitrogen and oxygen atoms in total. The minimum atomic E-state index is -4.08. The van der Waals surface area contributed by atoms with Gasteiger partial charge in [0, 0.05) is 12.5 Å². The first-order valence-corrected chi connectivity index (χ1v) is 15.5. The van der Waals surface area contributed by atoms with E-state index in [2.05, 4.69) is 26.1 Å². The average molecular weight is 514 g/mol. The van der Waals surface area contributed by atoms with E-state index in [-0.39, 0.29) is 41.4 Å². The Morgan fingerprint density at radius 3 is 2.34 bits per heavy atom. The third kappa shape index (κ3) is 5.19. The third-order valence-electron chi connectivity index (χ3n) is 11.2. The second-order valence-corrected chi connectivity index (χ2v) is 14.7. The fraction of sp³-hybridized carbons (Fsp3) is 0.963. The van der Waals surface area contributed by atoms with Gasteiger partial charge in [-0.1, -0.05) is 27.7 Å². The Bertz CT molecular complexity index is 894. The predicted molar refractivity (Wildman–Crippen MR) is 135 cm³/mol. The van der Waals surface area contributed by atoms with Gasteiger partial charge in [-0.15, -0.1) is 0 Å². The molecule has 0 aromatic rings. The first-order chi connectivity index (χ1) is 16.3. The Balaban J connectivity index is 1.42. The van der Waals surface area contributed by atoms with Crippen LogP contribution in [0.2, 0.25) is 0 Å². The highest BCUT2D eigenvalue weighted by Gasteiger charge is 2.62. The number of aliphatic hydroxyl groups is 2. The standard InChI is InChI=1S/C27H47NO6S/c1-16(13-17(2)25(31)28-11-12-35(32,33)34)20-5-6-21-24-22(8-10-27(20,21)4)26(3)9-7-19(29)14-18(26)15-23(24)30/h16-24,29-30H,5-15H2,1-4H3,(H,28,31)(H,32,33,34)/t16-,17?,18?,19-,20-,21+,22+,23+,24+,26+,27-/m1/s1. The fourth-order valence-electron chi connectivity index (χ4n) is 9.48. The van der Waals surface area contributed by atoms with Crippen LogP contribution < -0.4 is 5.32 Å². The summed E-state index contributed by atoms with van der Waals surface area (Å²) in [6.07, 6.45) is 8.45. The van der Waals surface area contributed by atoms with E-state index < -0.39 is 15.9 Å².